The Kier molecular flexibility index (Phi) is 5.49. The van der Waals surface area contributed by atoms with Crippen molar-refractivity contribution < 1.29 is 17.9 Å². The second-order valence-corrected chi connectivity index (χ2v) is 6.45. The molecule has 1 heterocycles. The molecule has 1 aromatic heterocycles. The molecule has 2 N–H and O–H groups in total. The first-order valence-electron chi connectivity index (χ1n) is 5.89. The van der Waals surface area contributed by atoms with Crippen molar-refractivity contribution >= 4 is 16.0 Å². The number of ether oxygens (including phenoxy) is 1. The van der Waals surface area contributed by atoms with Crippen LogP contribution in [0.15, 0.2) is 12.5 Å². The molecule has 0 saturated heterocycles. The van der Waals surface area contributed by atoms with E-state index in [-0.39, 0.29) is 18.1 Å². The van der Waals surface area contributed by atoms with Gasteiger partial charge in [0.05, 0.1) is 19.2 Å². The average molecular weight is 289 g/mol. The van der Waals surface area contributed by atoms with E-state index in [0.717, 1.165) is 0 Å². The molecule has 19 heavy (non-hydrogen) atoms. The number of carbonyl (C=O) groups excluding carboxylic acids is 1. The van der Waals surface area contributed by atoms with Gasteiger partial charge >= 0.3 is 5.97 Å². The highest BCUT2D eigenvalue weighted by Gasteiger charge is 2.26. The van der Waals surface area contributed by atoms with Gasteiger partial charge in [-0.1, -0.05) is 13.8 Å². The van der Waals surface area contributed by atoms with Crippen LogP contribution in [0.5, 0.6) is 0 Å². The summed E-state index contributed by atoms with van der Waals surface area (Å²) in [5, 5.41) is 0. The maximum Gasteiger partial charge on any atom is 0.324 e. The zero-order chi connectivity index (χ0) is 14.5. The Morgan fingerprint density at radius 2 is 2.21 bits per heavy atom. The molecule has 0 aliphatic rings. The van der Waals surface area contributed by atoms with Gasteiger partial charge in [-0.15, -0.1) is 0 Å². The van der Waals surface area contributed by atoms with Gasteiger partial charge in [0.25, 0.3) is 0 Å². The number of aromatic amines is 1. The summed E-state index contributed by atoms with van der Waals surface area (Å²) in [4.78, 5) is 18.3. The van der Waals surface area contributed by atoms with Crippen molar-refractivity contribution in [2.75, 3.05) is 12.9 Å². The lowest BCUT2D eigenvalue weighted by Crippen LogP contribution is -2.44. The molecule has 7 nitrogen and oxygen atoms in total. The second-order valence-electron chi connectivity index (χ2n) is 4.65. The molecular weight excluding hydrogens is 270 g/mol. The van der Waals surface area contributed by atoms with Gasteiger partial charge in [-0.2, -0.15) is 0 Å². The molecule has 0 saturated carbocycles. The van der Waals surface area contributed by atoms with E-state index in [0.29, 0.717) is 5.69 Å². The summed E-state index contributed by atoms with van der Waals surface area (Å²) in [5.74, 6) is -0.686. The molecule has 8 heteroatoms. The van der Waals surface area contributed by atoms with Crippen molar-refractivity contribution in [2.24, 2.45) is 5.92 Å². The van der Waals surface area contributed by atoms with Crippen molar-refractivity contribution in [2.45, 2.75) is 26.3 Å². The Morgan fingerprint density at radius 1 is 1.53 bits per heavy atom. The quantitative estimate of drug-likeness (QED) is 0.692. The van der Waals surface area contributed by atoms with Crippen molar-refractivity contribution in [3.8, 4) is 0 Å². The molecule has 1 rings (SSSR count). The first-order chi connectivity index (χ1) is 8.84. The monoisotopic (exact) mass is 289 g/mol. The maximum atomic E-state index is 11.9. The first-order valence-corrected chi connectivity index (χ1v) is 7.54. The van der Waals surface area contributed by atoms with Crippen LogP contribution in [0, 0.1) is 5.92 Å². The summed E-state index contributed by atoms with van der Waals surface area (Å²) < 4.78 is 30.7. The number of hydrogen-bond acceptors (Lipinski definition) is 5. The van der Waals surface area contributed by atoms with Gasteiger partial charge in [0, 0.05) is 18.3 Å². The zero-order valence-electron chi connectivity index (χ0n) is 11.2. The van der Waals surface area contributed by atoms with Gasteiger partial charge in [0.2, 0.25) is 10.0 Å². The largest absolute Gasteiger partial charge is 0.468 e. The van der Waals surface area contributed by atoms with Gasteiger partial charge in [-0.3, -0.25) is 4.79 Å². The summed E-state index contributed by atoms with van der Waals surface area (Å²) in [6.07, 6.45) is 3.17. The number of esters is 1. The highest BCUT2D eigenvalue weighted by Crippen LogP contribution is 2.05. The molecule has 1 atom stereocenters. The van der Waals surface area contributed by atoms with Crippen LogP contribution < -0.4 is 4.72 Å². The SMILES string of the molecule is COC(=O)[C@H](Cc1cnc[nH]1)NS(=O)(=O)CC(C)C. The van der Waals surface area contributed by atoms with Crippen LogP contribution in [-0.2, 0) is 26.0 Å². The number of aromatic nitrogens is 2. The third-order valence-electron chi connectivity index (χ3n) is 2.34. The third-order valence-corrected chi connectivity index (χ3v) is 4.09. The molecule has 0 amide bonds. The summed E-state index contributed by atoms with van der Waals surface area (Å²) in [7, 11) is -2.30. The van der Waals surface area contributed by atoms with Crippen LogP contribution in [0.3, 0.4) is 0 Å². The number of carbonyl (C=O) groups is 1. The average Bonchev–Trinajstić information content (AvgIpc) is 2.77. The molecule has 0 aliphatic carbocycles. The second kappa shape index (κ2) is 6.67. The summed E-state index contributed by atoms with van der Waals surface area (Å²) in [6.45, 7) is 3.59. The predicted octanol–water partition coefficient (Wildman–Crippen LogP) is 0.0692. The molecule has 0 bridgehead atoms. The number of sulfonamides is 1. The standard InChI is InChI=1S/C11H19N3O4S/c1-8(2)6-19(16,17)14-10(11(15)18-3)4-9-5-12-7-13-9/h5,7-8,10,14H,4,6H2,1-3H3,(H,12,13)/t10-/m0/s1. The molecule has 108 valence electrons. The van der Waals surface area contributed by atoms with E-state index in [9.17, 15) is 13.2 Å². The van der Waals surface area contributed by atoms with Crippen LogP contribution in [0.1, 0.15) is 19.5 Å². The predicted molar refractivity (Wildman–Crippen MR) is 69.9 cm³/mol. The van der Waals surface area contributed by atoms with E-state index in [4.69, 9.17) is 0 Å². The summed E-state index contributed by atoms with van der Waals surface area (Å²) in [6, 6.07) is -0.950. The van der Waals surface area contributed by atoms with Gasteiger partial charge in [0.15, 0.2) is 0 Å². The van der Waals surface area contributed by atoms with Gasteiger partial charge in [-0.25, -0.2) is 18.1 Å². The fourth-order valence-electron chi connectivity index (χ4n) is 1.64. The van der Waals surface area contributed by atoms with Crippen LogP contribution in [0.2, 0.25) is 0 Å². The smallest absolute Gasteiger partial charge is 0.324 e. The lowest BCUT2D eigenvalue weighted by Gasteiger charge is -2.16. The van der Waals surface area contributed by atoms with Crippen molar-refractivity contribution in [3.63, 3.8) is 0 Å². The van der Waals surface area contributed by atoms with Gasteiger partial charge in [-0.05, 0) is 5.92 Å². The highest BCUT2D eigenvalue weighted by atomic mass is 32.2. The minimum absolute atomic E-state index is 0.0250. The van der Waals surface area contributed by atoms with Crippen molar-refractivity contribution in [1.29, 1.82) is 0 Å². The van der Waals surface area contributed by atoms with E-state index in [1.807, 2.05) is 0 Å². The van der Waals surface area contributed by atoms with E-state index in [1.54, 1.807) is 13.8 Å². The Hall–Kier alpha value is -1.41. The molecule has 0 radical (unpaired) electrons. The number of nitrogens with zero attached hydrogens (tertiary/aromatic N) is 1. The lowest BCUT2D eigenvalue weighted by molar-refractivity contribution is -0.142. The normalized spacial score (nSPS) is 13.5. The van der Waals surface area contributed by atoms with E-state index in [2.05, 4.69) is 19.4 Å². The van der Waals surface area contributed by atoms with E-state index >= 15 is 0 Å². The lowest BCUT2D eigenvalue weighted by atomic mass is 10.2. The molecule has 0 unspecified atom stereocenters. The fraction of sp³-hybridized carbons (Fsp3) is 0.636. The number of H-pyrrole nitrogens is 1. The van der Waals surface area contributed by atoms with Gasteiger partial charge in [0.1, 0.15) is 6.04 Å². The maximum absolute atomic E-state index is 11.9. The number of imidazole rings is 1. The number of methoxy groups -OCH3 is 1. The van der Waals surface area contributed by atoms with Crippen molar-refractivity contribution in [3.05, 3.63) is 18.2 Å². The van der Waals surface area contributed by atoms with E-state index in [1.165, 1.54) is 19.6 Å². The van der Waals surface area contributed by atoms with E-state index < -0.39 is 22.0 Å². The summed E-state index contributed by atoms with van der Waals surface area (Å²) >= 11 is 0. The van der Waals surface area contributed by atoms with Crippen LogP contribution in [0.25, 0.3) is 0 Å². The minimum atomic E-state index is -3.52. The molecule has 1 aromatic rings. The topological polar surface area (TPSA) is 101 Å². The first kappa shape index (κ1) is 15.6. The van der Waals surface area contributed by atoms with Gasteiger partial charge < -0.3 is 9.72 Å². The Morgan fingerprint density at radius 3 is 2.68 bits per heavy atom. The molecule has 0 spiro atoms. The highest BCUT2D eigenvalue weighted by molar-refractivity contribution is 7.89. The molecule has 0 fully saturated rings. The Balaban J connectivity index is 2.78. The summed E-state index contributed by atoms with van der Waals surface area (Å²) in [5.41, 5.74) is 0.655. The Bertz CT molecular complexity index is 496. The van der Waals surface area contributed by atoms with Crippen LogP contribution >= 0.6 is 0 Å². The fourth-order valence-corrected chi connectivity index (χ4v) is 3.22. The molecule has 0 aromatic carbocycles. The Labute approximate surface area is 112 Å². The molecule has 0 aliphatic heterocycles. The zero-order valence-corrected chi connectivity index (χ0v) is 12.0. The third kappa shape index (κ3) is 5.39. The van der Waals surface area contributed by atoms with Crippen LogP contribution in [0.4, 0.5) is 0 Å². The van der Waals surface area contributed by atoms with Crippen molar-refractivity contribution in [1.82, 2.24) is 14.7 Å². The number of nitrogens with one attached hydrogen (secondary N) is 2. The van der Waals surface area contributed by atoms with Crippen LogP contribution in [-0.4, -0.2) is 43.3 Å². The molecular formula is C11H19N3O4S. The number of hydrogen-bond donors (Lipinski definition) is 2. The minimum Gasteiger partial charge on any atom is -0.468 e. The number of rotatable bonds is 7.